The summed E-state index contributed by atoms with van der Waals surface area (Å²) < 4.78 is 37.5. The minimum atomic E-state index is -5.42. The number of rotatable bonds is 1. The third kappa shape index (κ3) is 11.0. The fraction of sp³-hybridized carbons (Fsp3) is 0.286. The molecule has 0 bridgehead atoms. The van der Waals surface area contributed by atoms with Gasteiger partial charge in [-0.1, -0.05) is 6.07 Å². The Hall–Kier alpha value is -1.01. The summed E-state index contributed by atoms with van der Waals surface area (Å²) in [6, 6.07) is 6.08. The molecule has 6 heteroatoms. The highest BCUT2D eigenvalue weighted by molar-refractivity contribution is 7.80. The lowest BCUT2D eigenvalue weighted by Gasteiger charge is -1.84. The molecule has 0 N–H and O–H groups in total. The highest BCUT2D eigenvalue weighted by Crippen LogP contribution is 1.74. The molecule has 74 valence electrons. The van der Waals surface area contributed by atoms with E-state index in [4.69, 9.17) is 13.0 Å². The molecule has 1 aromatic rings. The highest BCUT2D eigenvalue weighted by Gasteiger charge is 1.86. The summed E-state index contributed by atoms with van der Waals surface area (Å²) in [4.78, 5) is 0. The van der Waals surface area contributed by atoms with Gasteiger partial charge in [-0.2, -0.15) is 0 Å². The lowest BCUT2D eigenvalue weighted by atomic mass is 10.5. The summed E-state index contributed by atoms with van der Waals surface area (Å²) in [5, 5.41) is 0. The van der Waals surface area contributed by atoms with E-state index in [0.29, 0.717) is 0 Å². The Morgan fingerprint density at radius 3 is 1.92 bits per heavy atom. The molecule has 0 radical (unpaired) electrons. The molecule has 1 heterocycles. The second-order valence-electron chi connectivity index (χ2n) is 2.10. The summed E-state index contributed by atoms with van der Waals surface area (Å²) in [5.74, 6) is 0. The zero-order valence-electron chi connectivity index (χ0n) is 7.05. The molecule has 1 rings (SSSR count). The Balaban J connectivity index is 0.000000252. The van der Waals surface area contributed by atoms with Gasteiger partial charge in [-0.3, -0.25) is 0 Å². The summed E-state index contributed by atoms with van der Waals surface area (Å²) in [7, 11) is -5.42. The first-order valence-corrected chi connectivity index (χ1v) is 4.84. The molecule has 13 heavy (non-hydrogen) atoms. The molecule has 1 aromatic heterocycles. The van der Waals surface area contributed by atoms with E-state index in [9.17, 15) is 3.89 Å². The Kier molecular flexibility index (Phi) is 5.17. The van der Waals surface area contributed by atoms with Gasteiger partial charge >= 0.3 is 0 Å². The number of hydrogen-bond acceptors (Lipinski definition) is 3. The van der Waals surface area contributed by atoms with Crippen LogP contribution in [0, 0.1) is 0 Å². The number of halogens is 1. The second-order valence-corrected chi connectivity index (χ2v) is 2.89. The molecule has 0 aliphatic heterocycles. The SMILES string of the molecule is CC[n+]1ccccc1.O=S(=O)([O-])F. The van der Waals surface area contributed by atoms with E-state index in [-0.39, 0.29) is 0 Å². The maximum absolute atomic E-state index is 10.1. The van der Waals surface area contributed by atoms with E-state index < -0.39 is 10.5 Å². The van der Waals surface area contributed by atoms with Crippen molar-refractivity contribution in [2.45, 2.75) is 13.5 Å². The molecule has 0 spiro atoms. The van der Waals surface area contributed by atoms with Gasteiger partial charge in [0.1, 0.15) is 6.54 Å². The molecule has 0 saturated heterocycles. The summed E-state index contributed by atoms with van der Waals surface area (Å²) >= 11 is 0. The lowest BCUT2D eigenvalue weighted by Crippen LogP contribution is -2.30. The van der Waals surface area contributed by atoms with Gasteiger partial charge in [0.25, 0.3) is 10.5 Å². The van der Waals surface area contributed by atoms with E-state index in [1.54, 1.807) is 0 Å². The van der Waals surface area contributed by atoms with Crippen molar-refractivity contribution in [3.05, 3.63) is 30.6 Å². The normalized spacial score (nSPS) is 10.1. The quantitative estimate of drug-likeness (QED) is 0.380. The van der Waals surface area contributed by atoms with E-state index in [1.807, 2.05) is 18.2 Å². The summed E-state index contributed by atoms with van der Waals surface area (Å²) in [6.45, 7) is 3.18. The van der Waals surface area contributed by atoms with Gasteiger partial charge in [-0.05, 0) is 6.92 Å². The van der Waals surface area contributed by atoms with Crippen LogP contribution < -0.4 is 4.57 Å². The van der Waals surface area contributed by atoms with Crippen LogP contribution in [-0.4, -0.2) is 13.0 Å². The number of hydrogen-bond donors (Lipinski definition) is 0. The fourth-order valence-electron chi connectivity index (χ4n) is 0.645. The van der Waals surface area contributed by atoms with E-state index >= 15 is 0 Å². The zero-order valence-corrected chi connectivity index (χ0v) is 7.87. The molecule has 0 aliphatic carbocycles. The predicted molar refractivity (Wildman–Crippen MR) is 43.1 cm³/mol. The average molecular weight is 207 g/mol. The molecule has 0 unspecified atom stereocenters. The van der Waals surface area contributed by atoms with Crippen LogP contribution in [0.25, 0.3) is 0 Å². The third-order valence-electron chi connectivity index (χ3n) is 1.14. The molecule has 0 aromatic carbocycles. The third-order valence-corrected chi connectivity index (χ3v) is 1.14. The molecular formula is C7H10FNO3S. The highest BCUT2D eigenvalue weighted by atomic mass is 32.3. The Morgan fingerprint density at radius 2 is 1.69 bits per heavy atom. The maximum Gasteiger partial charge on any atom is 0.255 e. The van der Waals surface area contributed by atoms with Crippen molar-refractivity contribution < 1.29 is 21.4 Å². The van der Waals surface area contributed by atoms with Crippen molar-refractivity contribution >= 4 is 10.5 Å². The van der Waals surface area contributed by atoms with Crippen LogP contribution in [0.2, 0.25) is 0 Å². The first-order chi connectivity index (χ1) is 5.93. The zero-order chi connectivity index (χ0) is 10.3. The number of pyridine rings is 1. The van der Waals surface area contributed by atoms with Crippen molar-refractivity contribution in [1.82, 2.24) is 0 Å². The standard InChI is InChI=1S/C7H10N.FHO3S/c1-2-8-6-4-3-5-7-8;1-5(2,3)4/h3-7H,2H2,1H3;(H,2,3,4)/q+1;/p-1. The maximum atomic E-state index is 10.1. The minimum absolute atomic E-state index is 1.06. The first kappa shape index (κ1) is 12.0. The van der Waals surface area contributed by atoms with Crippen LogP contribution >= 0.6 is 0 Å². The van der Waals surface area contributed by atoms with Gasteiger partial charge < -0.3 is 4.55 Å². The summed E-state index contributed by atoms with van der Waals surface area (Å²) in [6.07, 6.45) is 4.11. The Bertz CT molecular complexity index is 317. The topological polar surface area (TPSA) is 61.1 Å². The molecule has 0 atom stereocenters. The molecule has 0 saturated carbocycles. The number of aromatic nitrogens is 1. The smallest absolute Gasteiger partial charge is 0.255 e. The molecule has 4 nitrogen and oxygen atoms in total. The van der Waals surface area contributed by atoms with Gasteiger partial charge in [-0.25, -0.2) is 13.0 Å². The van der Waals surface area contributed by atoms with E-state index in [1.165, 1.54) is 0 Å². The Labute approximate surface area is 76.7 Å². The molecular weight excluding hydrogens is 197 g/mol. The number of aryl methyl sites for hydroxylation is 1. The first-order valence-electron chi connectivity index (χ1n) is 3.53. The fourth-order valence-corrected chi connectivity index (χ4v) is 0.645. The van der Waals surface area contributed by atoms with Gasteiger partial charge in [0.15, 0.2) is 12.4 Å². The monoisotopic (exact) mass is 207 g/mol. The molecule has 0 aliphatic rings. The van der Waals surface area contributed by atoms with Crippen LogP contribution in [0.3, 0.4) is 0 Å². The number of nitrogens with zero attached hydrogens (tertiary/aromatic N) is 1. The van der Waals surface area contributed by atoms with Gasteiger partial charge in [0.2, 0.25) is 0 Å². The van der Waals surface area contributed by atoms with E-state index in [0.717, 1.165) is 6.54 Å². The van der Waals surface area contributed by atoms with Crippen molar-refractivity contribution in [1.29, 1.82) is 0 Å². The summed E-state index contributed by atoms with van der Waals surface area (Å²) in [5.41, 5.74) is 0. The largest absolute Gasteiger partial charge is 0.722 e. The van der Waals surface area contributed by atoms with Crippen LogP contribution in [0.4, 0.5) is 3.89 Å². The molecule has 0 amide bonds. The second kappa shape index (κ2) is 5.60. The van der Waals surface area contributed by atoms with Crippen molar-refractivity contribution in [2.75, 3.05) is 0 Å². The molecule has 0 fully saturated rings. The van der Waals surface area contributed by atoms with Crippen LogP contribution in [0.1, 0.15) is 6.92 Å². The van der Waals surface area contributed by atoms with E-state index in [2.05, 4.69) is 23.9 Å². The Morgan fingerprint density at radius 1 is 1.31 bits per heavy atom. The van der Waals surface area contributed by atoms with Gasteiger partial charge in [-0.15, -0.1) is 3.89 Å². The van der Waals surface area contributed by atoms with Crippen molar-refractivity contribution in [2.24, 2.45) is 0 Å². The average Bonchev–Trinajstić information content (AvgIpc) is 2.03. The van der Waals surface area contributed by atoms with Crippen LogP contribution in [0.15, 0.2) is 30.6 Å². The van der Waals surface area contributed by atoms with Gasteiger partial charge in [0, 0.05) is 12.1 Å². The van der Waals surface area contributed by atoms with Crippen LogP contribution in [0.5, 0.6) is 0 Å². The van der Waals surface area contributed by atoms with Crippen molar-refractivity contribution in [3.63, 3.8) is 0 Å². The minimum Gasteiger partial charge on any atom is -0.722 e. The van der Waals surface area contributed by atoms with Crippen molar-refractivity contribution in [3.8, 4) is 0 Å². The van der Waals surface area contributed by atoms with Gasteiger partial charge in [0.05, 0.1) is 0 Å². The predicted octanol–water partition coefficient (Wildman–Crippen LogP) is 0.410. The van der Waals surface area contributed by atoms with Crippen LogP contribution in [-0.2, 0) is 17.0 Å². The lowest BCUT2D eigenvalue weighted by molar-refractivity contribution is -0.693.